The van der Waals surface area contributed by atoms with E-state index < -0.39 is 0 Å². The van der Waals surface area contributed by atoms with Gasteiger partial charge in [-0.3, -0.25) is 0 Å². The maximum Gasteiger partial charge on any atom is 0.123 e. The first-order valence-electron chi connectivity index (χ1n) is 7.84. The van der Waals surface area contributed by atoms with E-state index in [4.69, 9.17) is 0 Å². The Morgan fingerprint density at radius 1 is 1.15 bits per heavy atom. The van der Waals surface area contributed by atoms with Gasteiger partial charge >= 0.3 is 0 Å². The molecule has 110 valence electrons. The summed E-state index contributed by atoms with van der Waals surface area (Å²) in [4.78, 5) is 0. The Labute approximate surface area is 122 Å². The summed E-state index contributed by atoms with van der Waals surface area (Å²) in [6, 6.07) is 3.67. The number of aryl methyl sites for hydroxylation is 1. The summed E-state index contributed by atoms with van der Waals surface area (Å²) in [5.41, 5.74) is 3.10. The lowest BCUT2D eigenvalue weighted by molar-refractivity contribution is 0.427. The summed E-state index contributed by atoms with van der Waals surface area (Å²) in [6.07, 6.45) is 9.86. The van der Waals surface area contributed by atoms with Gasteiger partial charge in [0, 0.05) is 11.5 Å². The number of aromatic hydroxyl groups is 2. The molecule has 0 amide bonds. The van der Waals surface area contributed by atoms with Crippen molar-refractivity contribution in [3.63, 3.8) is 0 Å². The van der Waals surface area contributed by atoms with Gasteiger partial charge in [0.2, 0.25) is 0 Å². The normalized spacial score (nSPS) is 18.9. The third-order valence-electron chi connectivity index (χ3n) is 4.21. The Morgan fingerprint density at radius 3 is 2.45 bits per heavy atom. The predicted octanol–water partition coefficient (Wildman–Crippen LogP) is 5.04. The molecule has 0 heterocycles. The van der Waals surface area contributed by atoms with E-state index in [1.807, 2.05) is 12.1 Å². The van der Waals surface area contributed by atoms with E-state index in [2.05, 4.69) is 19.9 Å². The number of hydrogen-bond acceptors (Lipinski definition) is 2. The molecule has 0 bridgehead atoms. The predicted molar refractivity (Wildman–Crippen MR) is 83.3 cm³/mol. The van der Waals surface area contributed by atoms with Gasteiger partial charge in [0.15, 0.2) is 0 Å². The summed E-state index contributed by atoms with van der Waals surface area (Å²) in [5, 5.41) is 20.6. The molecule has 0 aromatic heterocycles. The largest absolute Gasteiger partial charge is 0.507 e. The molecular formula is C18H26O2. The first-order chi connectivity index (χ1) is 9.61. The van der Waals surface area contributed by atoms with Crippen LogP contribution in [0.25, 0.3) is 0 Å². The molecule has 0 unspecified atom stereocenters. The first-order valence-corrected chi connectivity index (χ1v) is 7.84. The van der Waals surface area contributed by atoms with Crippen LogP contribution in [0, 0.1) is 0 Å². The van der Waals surface area contributed by atoms with Gasteiger partial charge < -0.3 is 10.2 Å². The van der Waals surface area contributed by atoms with Crippen LogP contribution >= 0.6 is 0 Å². The van der Waals surface area contributed by atoms with E-state index in [1.165, 1.54) is 18.4 Å². The SMILES string of the molecule is CCCCCc1cc(O)c([C@@H]2C=C(C)CCC2)c(O)c1. The Bertz CT molecular complexity index is 465. The lowest BCUT2D eigenvalue weighted by atomic mass is 9.84. The van der Waals surface area contributed by atoms with Gasteiger partial charge in [0.25, 0.3) is 0 Å². The van der Waals surface area contributed by atoms with E-state index in [1.54, 1.807) is 0 Å². The number of phenolic OH excluding ortho intramolecular Hbond substituents is 2. The van der Waals surface area contributed by atoms with Crippen molar-refractivity contribution in [2.24, 2.45) is 0 Å². The number of allylic oxidation sites excluding steroid dienone is 2. The van der Waals surface area contributed by atoms with Gasteiger partial charge in [-0.15, -0.1) is 0 Å². The highest BCUT2D eigenvalue weighted by Gasteiger charge is 2.21. The van der Waals surface area contributed by atoms with Crippen molar-refractivity contribution in [1.82, 2.24) is 0 Å². The fourth-order valence-corrected chi connectivity index (χ4v) is 3.12. The maximum absolute atomic E-state index is 10.3. The zero-order valence-electron chi connectivity index (χ0n) is 12.7. The molecule has 0 saturated heterocycles. The van der Waals surface area contributed by atoms with Gasteiger partial charge in [-0.2, -0.15) is 0 Å². The molecule has 0 fully saturated rings. The van der Waals surface area contributed by atoms with E-state index >= 15 is 0 Å². The summed E-state index contributed by atoms with van der Waals surface area (Å²) in [6.45, 7) is 4.30. The molecule has 1 aliphatic carbocycles. The van der Waals surface area contributed by atoms with Crippen molar-refractivity contribution in [2.75, 3.05) is 0 Å². The third-order valence-corrected chi connectivity index (χ3v) is 4.21. The van der Waals surface area contributed by atoms with Crippen molar-refractivity contribution in [1.29, 1.82) is 0 Å². The topological polar surface area (TPSA) is 40.5 Å². The molecule has 1 aromatic rings. The van der Waals surface area contributed by atoms with Crippen molar-refractivity contribution in [3.8, 4) is 11.5 Å². The maximum atomic E-state index is 10.3. The summed E-state index contributed by atoms with van der Waals surface area (Å²) in [7, 11) is 0. The first kappa shape index (κ1) is 15.0. The number of unbranched alkanes of at least 4 members (excludes halogenated alkanes) is 2. The Balaban J connectivity index is 2.20. The molecule has 0 radical (unpaired) electrons. The van der Waals surface area contributed by atoms with Crippen LogP contribution in [0.2, 0.25) is 0 Å². The molecular weight excluding hydrogens is 248 g/mol. The molecule has 0 spiro atoms. The molecule has 1 aromatic carbocycles. The highest BCUT2D eigenvalue weighted by Crippen LogP contribution is 2.41. The monoisotopic (exact) mass is 274 g/mol. The Morgan fingerprint density at radius 2 is 1.85 bits per heavy atom. The smallest absolute Gasteiger partial charge is 0.123 e. The van der Waals surface area contributed by atoms with Gasteiger partial charge in [-0.05, 0) is 56.7 Å². The van der Waals surface area contributed by atoms with E-state index in [0.717, 1.165) is 37.7 Å². The van der Waals surface area contributed by atoms with Crippen LogP contribution in [-0.2, 0) is 6.42 Å². The van der Waals surface area contributed by atoms with Crippen molar-refractivity contribution in [2.45, 2.75) is 64.7 Å². The van der Waals surface area contributed by atoms with E-state index in [-0.39, 0.29) is 17.4 Å². The highest BCUT2D eigenvalue weighted by atomic mass is 16.3. The molecule has 0 aliphatic heterocycles. The standard InChI is InChI=1S/C18H26O2/c1-3-4-5-8-14-11-16(19)18(17(20)12-14)15-9-6-7-13(2)10-15/h10-12,15,19-20H,3-9H2,1-2H3/t15-/m0/s1. The van der Waals surface area contributed by atoms with Crippen LogP contribution in [0.4, 0.5) is 0 Å². The minimum atomic E-state index is 0.161. The van der Waals surface area contributed by atoms with Gasteiger partial charge in [0.1, 0.15) is 11.5 Å². The lowest BCUT2D eigenvalue weighted by Crippen LogP contribution is -2.03. The van der Waals surface area contributed by atoms with Crippen LogP contribution in [0.1, 0.15) is 69.4 Å². The average Bonchev–Trinajstić information content (AvgIpc) is 2.38. The van der Waals surface area contributed by atoms with Gasteiger partial charge in [-0.25, -0.2) is 0 Å². The van der Waals surface area contributed by atoms with Crippen LogP contribution in [-0.4, -0.2) is 10.2 Å². The Hall–Kier alpha value is -1.44. The van der Waals surface area contributed by atoms with E-state index in [9.17, 15) is 10.2 Å². The van der Waals surface area contributed by atoms with Crippen LogP contribution in [0.3, 0.4) is 0 Å². The molecule has 2 rings (SSSR count). The lowest BCUT2D eigenvalue weighted by Gasteiger charge is -2.22. The number of hydrogen-bond donors (Lipinski definition) is 2. The summed E-state index contributed by atoms with van der Waals surface area (Å²) in [5.74, 6) is 0.674. The molecule has 2 nitrogen and oxygen atoms in total. The molecule has 2 heteroatoms. The highest BCUT2D eigenvalue weighted by molar-refractivity contribution is 5.50. The third kappa shape index (κ3) is 3.56. The second-order valence-electron chi connectivity index (χ2n) is 6.02. The quantitative estimate of drug-likeness (QED) is 0.583. The minimum absolute atomic E-state index is 0.161. The second-order valence-corrected chi connectivity index (χ2v) is 6.02. The van der Waals surface area contributed by atoms with Crippen LogP contribution in [0.5, 0.6) is 11.5 Å². The Kier molecular flexibility index (Phi) is 5.11. The van der Waals surface area contributed by atoms with Gasteiger partial charge in [-0.1, -0.05) is 31.4 Å². The second kappa shape index (κ2) is 6.83. The van der Waals surface area contributed by atoms with Crippen molar-refractivity contribution in [3.05, 3.63) is 34.9 Å². The molecule has 2 N–H and O–H groups in total. The van der Waals surface area contributed by atoms with Crippen molar-refractivity contribution < 1.29 is 10.2 Å². The molecule has 20 heavy (non-hydrogen) atoms. The zero-order chi connectivity index (χ0) is 14.5. The number of rotatable bonds is 5. The number of benzene rings is 1. The van der Waals surface area contributed by atoms with Crippen molar-refractivity contribution >= 4 is 0 Å². The molecule has 1 atom stereocenters. The fourth-order valence-electron chi connectivity index (χ4n) is 3.12. The van der Waals surface area contributed by atoms with Crippen LogP contribution in [0.15, 0.2) is 23.8 Å². The number of phenols is 2. The zero-order valence-corrected chi connectivity index (χ0v) is 12.7. The molecule has 0 saturated carbocycles. The molecule has 1 aliphatic rings. The average molecular weight is 274 g/mol. The summed E-state index contributed by atoms with van der Waals surface area (Å²) >= 11 is 0. The van der Waals surface area contributed by atoms with E-state index in [0.29, 0.717) is 5.56 Å². The van der Waals surface area contributed by atoms with Crippen LogP contribution < -0.4 is 0 Å². The fraction of sp³-hybridized carbons (Fsp3) is 0.556. The summed E-state index contributed by atoms with van der Waals surface area (Å²) < 4.78 is 0. The minimum Gasteiger partial charge on any atom is -0.507 e. The van der Waals surface area contributed by atoms with Gasteiger partial charge in [0.05, 0.1) is 0 Å².